The number of amides is 2. The van der Waals surface area contributed by atoms with Gasteiger partial charge in [0.15, 0.2) is 5.69 Å². The number of aromatic nitrogens is 3. The van der Waals surface area contributed by atoms with Crippen LogP contribution in [-0.2, 0) is 6.54 Å². The summed E-state index contributed by atoms with van der Waals surface area (Å²) in [5, 5.41) is 5.46. The van der Waals surface area contributed by atoms with E-state index in [4.69, 9.17) is 0 Å². The van der Waals surface area contributed by atoms with E-state index in [1.807, 2.05) is 0 Å². The monoisotopic (exact) mass is 419 g/mol. The second kappa shape index (κ2) is 7.94. The van der Waals surface area contributed by atoms with Crippen LogP contribution in [0.4, 0.5) is 4.39 Å². The maximum absolute atomic E-state index is 13.4. The summed E-state index contributed by atoms with van der Waals surface area (Å²) < 4.78 is 14.6. The third-order valence-electron chi connectivity index (χ3n) is 4.89. The summed E-state index contributed by atoms with van der Waals surface area (Å²) in [5.74, 6) is -1.67. The van der Waals surface area contributed by atoms with E-state index < -0.39 is 17.6 Å². The largest absolute Gasteiger partial charge is 0.290 e. The van der Waals surface area contributed by atoms with Gasteiger partial charge < -0.3 is 0 Å². The fourth-order valence-electron chi connectivity index (χ4n) is 3.32. The minimum absolute atomic E-state index is 0.0150. The number of rotatable bonds is 3. The molecule has 2 N–H and O–H groups in total. The van der Waals surface area contributed by atoms with E-state index in [-0.39, 0.29) is 16.8 Å². The van der Waals surface area contributed by atoms with Gasteiger partial charge in [-0.2, -0.15) is 5.10 Å². The van der Waals surface area contributed by atoms with Gasteiger partial charge in [0.05, 0.1) is 22.2 Å². The Bertz CT molecular complexity index is 1410. The van der Waals surface area contributed by atoms with Gasteiger partial charge in [0.25, 0.3) is 17.4 Å². The molecule has 9 heteroatoms. The van der Waals surface area contributed by atoms with Crippen molar-refractivity contribution in [1.82, 2.24) is 25.6 Å². The Labute approximate surface area is 175 Å². The van der Waals surface area contributed by atoms with E-state index in [1.54, 1.807) is 44.2 Å². The molecular formula is C22H18FN5O3. The van der Waals surface area contributed by atoms with Crippen molar-refractivity contribution in [3.8, 4) is 0 Å². The maximum atomic E-state index is 13.4. The van der Waals surface area contributed by atoms with Gasteiger partial charge in [-0.05, 0) is 38.1 Å². The first-order chi connectivity index (χ1) is 14.9. The Morgan fingerprint density at radius 2 is 1.74 bits per heavy atom. The Hall–Kier alpha value is -4.14. The van der Waals surface area contributed by atoms with Gasteiger partial charge in [-0.25, -0.2) is 9.07 Å². The highest BCUT2D eigenvalue weighted by Gasteiger charge is 2.18. The number of hydrogen-bond donors (Lipinski definition) is 2. The molecule has 0 fully saturated rings. The minimum atomic E-state index is -0.666. The van der Waals surface area contributed by atoms with Crippen molar-refractivity contribution in [2.45, 2.75) is 20.4 Å². The number of hydrazine groups is 1. The number of pyridine rings is 1. The molecule has 156 valence electrons. The van der Waals surface area contributed by atoms with Crippen molar-refractivity contribution in [3.63, 3.8) is 0 Å². The molecule has 4 rings (SSSR count). The lowest BCUT2D eigenvalue weighted by molar-refractivity contribution is 0.0843. The van der Waals surface area contributed by atoms with Crippen LogP contribution < -0.4 is 16.4 Å². The number of fused-ring (bicyclic) bond motifs is 2. The topological polar surface area (TPSA) is 106 Å². The predicted octanol–water partition coefficient (Wildman–Crippen LogP) is 2.49. The van der Waals surface area contributed by atoms with Gasteiger partial charge in [0.1, 0.15) is 5.82 Å². The molecule has 2 heterocycles. The third-order valence-corrected chi connectivity index (χ3v) is 4.89. The van der Waals surface area contributed by atoms with Gasteiger partial charge in [-0.15, -0.1) is 0 Å². The van der Waals surface area contributed by atoms with Crippen LogP contribution >= 0.6 is 0 Å². The summed E-state index contributed by atoms with van der Waals surface area (Å²) in [6.07, 6.45) is 0. The van der Waals surface area contributed by atoms with Crippen molar-refractivity contribution >= 4 is 33.5 Å². The summed E-state index contributed by atoms with van der Waals surface area (Å²) in [5.41, 5.74) is 5.45. The van der Waals surface area contributed by atoms with Gasteiger partial charge in [-0.3, -0.25) is 30.2 Å². The summed E-state index contributed by atoms with van der Waals surface area (Å²) in [7, 11) is 0. The molecule has 0 aliphatic carbocycles. The second-order valence-electron chi connectivity index (χ2n) is 6.88. The average Bonchev–Trinajstić information content (AvgIpc) is 2.77. The molecule has 0 saturated heterocycles. The van der Waals surface area contributed by atoms with E-state index in [9.17, 15) is 18.8 Å². The molecule has 4 aromatic rings. The number of carbonyl (C=O) groups is 2. The highest BCUT2D eigenvalue weighted by Crippen LogP contribution is 2.18. The van der Waals surface area contributed by atoms with Crippen LogP contribution in [0.3, 0.4) is 0 Å². The molecule has 8 nitrogen and oxygen atoms in total. The molecular weight excluding hydrogens is 401 g/mol. The van der Waals surface area contributed by atoms with Crippen LogP contribution in [0.2, 0.25) is 0 Å². The van der Waals surface area contributed by atoms with Crippen molar-refractivity contribution in [1.29, 1.82) is 0 Å². The van der Waals surface area contributed by atoms with Crippen molar-refractivity contribution in [3.05, 3.63) is 81.7 Å². The zero-order valence-corrected chi connectivity index (χ0v) is 16.8. The Morgan fingerprint density at radius 3 is 2.48 bits per heavy atom. The Kier molecular flexibility index (Phi) is 5.16. The molecule has 0 unspecified atom stereocenters. The number of nitrogens with one attached hydrogen (secondary N) is 2. The zero-order valence-electron chi connectivity index (χ0n) is 16.8. The Morgan fingerprint density at radius 1 is 1.03 bits per heavy atom. The number of nitrogens with zero attached hydrogens (tertiary/aromatic N) is 3. The quantitative estimate of drug-likeness (QED) is 0.497. The van der Waals surface area contributed by atoms with Crippen LogP contribution in [0.25, 0.3) is 21.7 Å². The predicted molar refractivity (Wildman–Crippen MR) is 113 cm³/mol. The number of aryl methyl sites for hydroxylation is 2. The summed E-state index contributed by atoms with van der Waals surface area (Å²) in [6.45, 7) is 3.65. The number of halogens is 1. The van der Waals surface area contributed by atoms with Gasteiger partial charge in [0.2, 0.25) is 0 Å². The van der Waals surface area contributed by atoms with Crippen molar-refractivity contribution in [2.75, 3.05) is 0 Å². The van der Waals surface area contributed by atoms with Crippen molar-refractivity contribution < 1.29 is 14.0 Å². The van der Waals surface area contributed by atoms with Crippen molar-refractivity contribution in [2.24, 2.45) is 0 Å². The van der Waals surface area contributed by atoms with Gasteiger partial charge in [-0.1, -0.05) is 18.2 Å². The number of hydrogen-bond acceptors (Lipinski definition) is 5. The molecule has 0 spiro atoms. The fourth-order valence-corrected chi connectivity index (χ4v) is 3.32. The normalized spacial score (nSPS) is 10.9. The van der Waals surface area contributed by atoms with Crippen LogP contribution in [-0.4, -0.2) is 26.6 Å². The highest BCUT2D eigenvalue weighted by molar-refractivity contribution is 6.06. The average molecular weight is 419 g/mol. The molecule has 31 heavy (non-hydrogen) atoms. The second-order valence-corrected chi connectivity index (χ2v) is 6.88. The van der Waals surface area contributed by atoms with E-state index in [0.717, 1.165) is 0 Å². The lowest BCUT2D eigenvalue weighted by atomic mass is 10.1. The molecule has 0 saturated carbocycles. The van der Waals surface area contributed by atoms with Crippen LogP contribution in [0.5, 0.6) is 0 Å². The first-order valence-electron chi connectivity index (χ1n) is 9.56. The Balaban J connectivity index is 1.61. The molecule has 2 aromatic heterocycles. The van der Waals surface area contributed by atoms with Gasteiger partial charge >= 0.3 is 0 Å². The first-order valence-corrected chi connectivity index (χ1v) is 9.56. The van der Waals surface area contributed by atoms with E-state index in [0.29, 0.717) is 33.9 Å². The molecule has 0 aliphatic heterocycles. The SMILES string of the molecule is CCn1nc(C(=O)NNC(=O)c2cc3ccc(F)cc3nc2C)c2ccccc2c1=O. The lowest BCUT2D eigenvalue weighted by Gasteiger charge is -2.12. The number of carbonyl (C=O) groups excluding carboxylic acids is 2. The minimum Gasteiger partial charge on any atom is -0.267 e. The fraction of sp³-hybridized carbons (Fsp3) is 0.136. The summed E-state index contributed by atoms with van der Waals surface area (Å²) in [4.78, 5) is 42.1. The molecule has 0 bridgehead atoms. The third kappa shape index (κ3) is 3.73. The maximum Gasteiger partial charge on any atom is 0.290 e. The van der Waals surface area contributed by atoms with E-state index in [1.165, 1.54) is 22.9 Å². The summed E-state index contributed by atoms with van der Waals surface area (Å²) >= 11 is 0. The van der Waals surface area contributed by atoms with Crippen LogP contribution in [0, 0.1) is 12.7 Å². The number of benzene rings is 2. The highest BCUT2D eigenvalue weighted by atomic mass is 19.1. The van der Waals surface area contributed by atoms with Crippen LogP contribution in [0.1, 0.15) is 33.5 Å². The van der Waals surface area contributed by atoms with Crippen LogP contribution in [0.15, 0.2) is 53.3 Å². The van der Waals surface area contributed by atoms with E-state index >= 15 is 0 Å². The molecule has 0 radical (unpaired) electrons. The van der Waals surface area contributed by atoms with Gasteiger partial charge in [0, 0.05) is 23.4 Å². The smallest absolute Gasteiger partial charge is 0.267 e. The standard InChI is InChI=1S/C22H18FN5O3/c1-3-28-22(31)16-7-5-4-6-15(16)19(27-28)21(30)26-25-20(29)17-10-13-8-9-14(23)11-18(13)24-12(17)2/h4-11H,3H2,1-2H3,(H,25,29)(H,26,30). The molecule has 2 aromatic carbocycles. The molecule has 2 amide bonds. The molecule has 0 aliphatic rings. The van der Waals surface area contributed by atoms with E-state index in [2.05, 4.69) is 20.9 Å². The zero-order chi connectivity index (χ0) is 22.1. The lowest BCUT2D eigenvalue weighted by Crippen LogP contribution is -2.43. The summed E-state index contributed by atoms with van der Waals surface area (Å²) in [6, 6.07) is 12.3. The molecule has 0 atom stereocenters. The first kappa shape index (κ1) is 20.1.